The highest BCUT2D eigenvalue weighted by molar-refractivity contribution is 5.34. The van der Waals surface area contributed by atoms with Crippen LogP contribution in [0.15, 0.2) is 54.6 Å². The molecular formula is C16H15NO. The van der Waals surface area contributed by atoms with Crippen LogP contribution in [0.25, 0.3) is 0 Å². The summed E-state index contributed by atoms with van der Waals surface area (Å²) >= 11 is 0. The lowest BCUT2D eigenvalue weighted by atomic mass is 10.1. The first-order valence-electron chi connectivity index (χ1n) is 6.05. The third-order valence-electron chi connectivity index (χ3n) is 2.70. The SMILES string of the molecule is N#Cc1ccc(OCCCc2ccccc2)cc1. The molecule has 18 heavy (non-hydrogen) atoms. The molecule has 0 fully saturated rings. The van der Waals surface area contributed by atoms with Gasteiger partial charge < -0.3 is 4.74 Å². The van der Waals surface area contributed by atoms with Crippen LogP contribution in [0, 0.1) is 11.3 Å². The lowest BCUT2D eigenvalue weighted by Gasteiger charge is -2.06. The van der Waals surface area contributed by atoms with Gasteiger partial charge in [-0.15, -0.1) is 0 Å². The molecule has 2 rings (SSSR count). The minimum atomic E-state index is 0.659. The van der Waals surface area contributed by atoms with Crippen LogP contribution in [0.1, 0.15) is 17.5 Å². The van der Waals surface area contributed by atoms with Gasteiger partial charge in [-0.05, 0) is 42.7 Å². The van der Waals surface area contributed by atoms with Crippen molar-refractivity contribution in [1.29, 1.82) is 5.26 Å². The predicted octanol–water partition coefficient (Wildman–Crippen LogP) is 3.57. The molecule has 2 heteroatoms. The van der Waals surface area contributed by atoms with Gasteiger partial charge in [-0.2, -0.15) is 5.26 Å². The van der Waals surface area contributed by atoms with E-state index in [1.165, 1.54) is 5.56 Å². The molecule has 0 amide bonds. The fourth-order valence-electron chi connectivity index (χ4n) is 1.74. The zero-order valence-electron chi connectivity index (χ0n) is 10.2. The number of nitriles is 1. The Hall–Kier alpha value is -2.27. The number of hydrogen-bond donors (Lipinski definition) is 0. The van der Waals surface area contributed by atoms with Crippen molar-refractivity contribution in [2.45, 2.75) is 12.8 Å². The van der Waals surface area contributed by atoms with Gasteiger partial charge >= 0.3 is 0 Å². The molecule has 0 aromatic heterocycles. The quantitative estimate of drug-likeness (QED) is 0.745. The van der Waals surface area contributed by atoms with Crippen LogP contribution in [0.3, 0.4) is 0 Å². The van der Waals surface area contributed by atoms with E-state index in [0.29, 0.717) is 12.2 Å². The zero-order valence-corrected chi connectivity index (χ0v) is 10.2. The first kappa shape index (κ1) is 12.2. The Balaban J connectivity index is 1.74. The van der Waals surface area contributed by atoms with E-state index in [1.807, 2.05) is 18.2 Å². The molecular weight excluding hydrogens is 222 g/mol. The molecule has 0 radical (unpaired) electrons. The van der Waals surface area contributed by atoms with E-state index in [1.54, 1.807) is 12.1 Å². The fourth-order valence-corrected chi connectivity index (χ4v) is 1.74. The van der Waals surface area contributed by atoms with E-state index in [2.05, 4.69) is 30.3 Å². The van der Waals surface area contributed by atoms with Crippen molar-refractivity contribution in [3.05, 3.63) is 65.7 Å². The summed E-state index contributed by atoms with van der Waals surface area (Å²) in [7, 11) is 0. The third-order valence-corrected chi connectivity index (χ3v) is 2.70. The molecule has 0 N–H and O–H groups in total. The third kappa shape index (κ3) is 3.64. The maximum absolute atomic E-state index is 8.68. The first-order valence-corrected chi connectivity index (χ1v) is 6.05. The number of hydrogen-bond acceptors (Lipinski definition) is 2. The standard InChI is InChI=1S/C16H15NO/c17-13-15-8-10-16(11-9-15)18-12-4-7-14-5-2-1-3-6-14/h1-3,5-6,8-11H,4,7,12H2. The van der Waals surface area contributed by atoms with Gasteiger partial charge in [0.1, 0.15) is 5.75 Å². The molecule has 2 aromatic rings. The Morgan fingerprint density at radius 2 is 1.67 bits per heavy atom. The number of aryl methyl sites for hydroxylation is 1. The Labute approximate surface area is 107 Å². The Kier molecular flexibility index (Phi) is 4.38. The van der Waals surface area contributed by atoms with Crippen molar-refractivity contribution in [1.82, 2.24) is 0 Å². The molecule has 0 aliphatic heterocycles. The average molecular weight is 237 g/mol. The van der Waals surface area contributed by atoms with Gasteiger partial charge in [0.15, 0.2) is 0 Å². The van der Waals surface area contributed by atoms with E-state index < -0.39 is 0 Å². The molecule has 0 atom stereocenters. The Morgan fingerprint density at radius 1 is 0.944 bits per heavy atom. The van der Waals surface area contributed by atoms with E-state index in [4.69, 9.17) is 10.00 Å². The van der Waals surface area contributed by atoms with Gasteiger partial charge in [0.2, 0.25) is 0 Å². The molecule has 0 saturated heterocycles. The van der Waals surface area contributed by atoms with Gasteiger partial charge in [-0.3, -0.25) is 0 Å². The smallest absolute Gasteiger partial charge is 0.119 e. The maximum atomic E-state index is 8.68. The molecule has 0 aliphatic carbocycles. The normalized spacial score (nSPS) is 9.72. The van der Waals surface area contributed by atoms with Crippen LogP contribution >= 0.6 is 0 Å². The second-order valence-electron chi connectivity index (χ2n) is 4.07. The summed E-state index contributed by atoms with van der Waals surface area (Å²) in [6.45, 7) is 0.695. The number of ether oxygens (including phenoxy) is 1. The van der Waals surface area contributed by atoms with E-state index in [9.17, 15) is 0 Å². The van der Waals surface area contributed by atoms with Gasteiger partial charge in [0.25, 0.3) is 0 Å². The Morgan fingerprint density at radius 3 is 2.33 bits per heavy atom. The fraction of sp³-hybridized carbons (Fsp3) is 0.188. The molecule has 0 spiro atoms. The second-order valence-corrected chi connectivity index (χ2v) is 4.07. The van der Waals surface area contributed by atoms with E-state index in [0.717, 1.165) is 18.6 Å². The average Bonchev–Trinajstić information content (AvgIpc) is 2.45. The zero-order chi connectivity index (χ0) is 12.6. The molecule has 0 heterocycles. The Bertz CT molecular complexity index is 511. The number of benzene rings is 2. The summed E-state index contributed by atoms with van der Waals surface area (Å²) in [5.41, 5.74) is 1.99. The van der Waals surface area contributed by atoms with Crippen molar-refractivity contribution in [2.75, 3.05) is 6.61 Å². The second kappa shape index (κ2) is 6.46. The molecule has 0 bridgehead atoms. The van der Waals surface area contributed by atoms with E-state index >= 15 is 0 Å². The highest BCUT2D eigenvalue weighted by atomic mass is 16.5. The van der Waals surface area contributed by atoms with Crippen molar-refractivity contribution in [3.63, 3.8) is 0 Å². The molecule has 0 saturated carbocycles. The number of nitrogens with zero attached hydrogens (tertiary/aromatic N) is 1. The van der Waals surface area contributed by atoms with Crippen molar-refractivity contribution in [2.24, 2.45) is 0 Å². The van der Waals surface area contributed by atoms with Gasteiger partial charge in [-0.1, -0.05) is 30.3 Å². The van der Waals surface area contributed by atoms with Gasteiger partial charge in [-0.25, -0.2) is 0 Å². The highest BCUT2D eigenvalue weighted by Gasteiger charge is 1.96. The molecule has 0 aliphatic rings. The topological polar surface area (TPSA) is 33.0 Å². The molecule has 2 nitrogen and oxygen atoms in total. The van der Waals surface area contributed by atoms with Crippen LogP contribution in [-0.4, -0.2) is 6.61 Å². The minimum absolute atomic E-state index is 0.659. The lowest BCUT2D eigenvalue weighted by molar-refractivity contribution is 0.311. The summed E-state index contributed by atoms with van der Waals surface area (Å²) in [5.74, 6) is 0.821. The van der Waals surface area contributed by atoms with Crippen LogP contribution < -0.4 is 4.74 Å². The first-order chi connectivity index (χ1) is 8.88. The van der Waals surface area contributed by atoms with Crippen molar-refractivity contribution < 1.29 is 4.74 Å². The molecule has 0 unspecified atom stereocenters. The molecule has 90 valence electrons. The lowest BCUT2D eigenvalue weighted by Crippen LogP contribution is -1.99. The van der Waals surface area contributed by atoms with Gasteiger partial charge in [0.05, 0.1) is 18.2 Å². The van der Waals surface area contributed by atoms with Crippen LogP contribution in [0.4, 0.5) is 0 Å². The van der Waals surface area contributed by atoms with Crippen LogP contribution in [0.2, 0.25) is 0 Å². The highest BCUT2D eigenvalue weighted by Crippen LogP contribution is 2.12. The summed E-state index contributed by atoms with van der Waals surface area (Å²) < 4.78 is 5.62. The maximum Gasteiger partial charge on any atom is 0.119 e. The largest absolute Gasteiger partial charge is 0.494 e. The van der Waals surface area contributed by atoms with E-state index in [-0.39, 0.29) is 0 Å². The summed E-state index contributed by atoms with van der Waals surface area (Å²) in [6.07, 6.45) is 2.02. The summed E-state index contributed by atoms with van der Waals surface area (Å²) in [4.78, 5) is 0. The summed E-state index contributed by atoms with van der Waals surface area (Å²) in [5, 5.41) is 8.68. The van der Waals surface area contributed by atoms with Crippen LogP contribution in [0.5, 0.6) is 5.75 Å². The van der Waals surface area contributed by atoms with Gasteiger partial charge in [0, 0.05) is 0 Å². The summed E-state index contributed by atoms with van der Waals surface area (Å²) in [6, 6.07) is 19.7. The molecule has 2 aromatic carbocycles. The van der Waals surface area contributed by atoms with Crippen LogP contribution in [-0.2, 0) is 6.42 Å². The monoisotopic (exact) mass is 237 g/mol. The number of rotatable bonds is 5. The van der Waals surface area contributed by atoms with Crippen molar-refractivity contribution >= 4 is 0 Å². The van der Waals surface area contributed by atoms with Crippen molar-refractivity contribution in [3.8, 4) is 11.8 Å². The predicted molar refractivity (Wildman–Crippen MR) is 71.4 cm³/mol. The minimum Gasteiger partial charge on any atom is -0.494 e.